The first kappa shape index (κ1) is 13.6. The monoisotopic (exact) mass is 257 g/mol. The molecule has 100 valence electrons. The summed E-state index contributed by atoms with van der Waals surface area (Å²) in [4.78, 5) is 12.1. The number of benzene rings is 1. The molecule has 0 saturated heterocycles. The fraction of sp³-hybridized carbons (Fsp3) is 0.467. The number of carbonyl (C=O) groups is 1. The van der Waals surface area contributed by atoms with Gasteiger partial charge in [-0.1, -0.05) is 25.0 Å². The van der Waals surface area contributed by atoms with Crippen LogP contribution >= 0.6 is 0 Å². The molecule has 19 heavy (non-hydrogen) atoms. The molecule has 2 unspecified atom stereocenters. The molecule has 4 heteroatoms. The molecule has 1 aliphatic carbocycles. The minimum Gasteiger partial charge on any atom is -0.327 e. The van der Waals surface area contributed by atoms with Crippen LogP contribution in [-0.2, 0) is 11.2 Å². The van der Waals surface area contributed by atoms with Gasteiger partial charge in [0, 0.05) is 11.7 Å². The molecule has 0 radical (unpaired) electrons. The van der Waals surface area contributed by atoms with Crippen molar-refractivity contribution >= 4 is 11.6 Å². The number of anilines is 1. The number of nitrogens with zero attached hydrogens (tertiary/aromatic N) is 1. The molecule has 1 aromatic carbocycles. The molecule has 2 atom stereocenters. The van der Waals surface area contributed by atoms with Crippen molar-refractivity contribution in [1.29, 1.82) is 5.26 Å². The molecule has 0 bridgehead atoms. The van der Waals surface area contributed by atoms with E-state index in [-0.39, 0.29) is 17.9 Å². The fourth-order valence-electron chi connectivity index (χ4n) is 2.52. The largest absolute Gasteiger partial charge is 0.327 e. The summed E-state index contributed by atoms with van der Waals surface area (Å²) >= 11 is 0. The summed E-state index contributed by atoms with van der Waals surface area (Å²) in [7, 11) is 0. The Labute approximate surface area is 113 Å². The van der Waals surface area contributed by atoms with Gasteiger partial charge in [0.05, 0.1) is 18.4 Å². The van der Waals surface area contributed by atoms with E-state index in [1.54, 1.807) is 0 Å². The van der Waals surface area contributed by atoms with Gasteiger partial charge >= 0.3 is 0 Å². The molecular weight excluding hydrogens is 238 g/mol. The Morgan fingerprint density at radius 1 is 1.32 bits per heavy atom. The molecule has 1 aromatic rings. The lowest BCUT2D eigenvalue weighted by molar-refractivity contribution is -0.121. The molecular formula is C15H19N3O. The Morgan fingerprint density at radius 3 is 2.63 bits per heavy atom. The number of hydrogen-bond donors (Lipinski definition) is 2. The molecule has 3 N–H and O–H groups in total. The molecule has 1 saturated carbocycles. The lowest BCUT2D eigenvalue weighted by Crippen LogP contribution is -2.40. The average Bonchev–Trinajstić information content (AvgIpc) is 2.42. The van der Waals surface area contributed by atoms with E-state index in [0.717, 1.165) is 36.9 Å². The van der Waals surface area contributed by atoms with Crippen molar-refractivity contribution < 1.29 is 4.79 Å². The van der Waals surface area contributed by atoms with E-state index in [9.17, 15) is 4.79 Å². The summed E-state index contributed by atoms with van der Waals surface area (Å²) in [6.07, 6.45) is 4.39. The maximum atomic E-state index is 12.1. The van der Waals surface area contributed by atoms with E-state index in [0.29, 0.717) is 6.42 Å². The third-order valence-corrected chi connectivity index (χ3v) is 3.66. The standard InChI is InChI=1S/C15H19N3O/c16-10-9-11-5-7-12(8-6-11)18-15(19)13-3-1-2-4-14(13)17/h5-8,13-14H,1-4,9,17H2,(H,18,19). The summed E-state index contributed by atoms with van der Waals surface area (Å²) in [5.74, 6) is -0.0623. The van der Waals surface area contributed by atoms with Crippen LogP contribution in [0.15, 0.2) is 24.3 Å². The van der Waals surface area contributed by atoms with Crippen LogP contribution < -0.4 is 11.1 Å². The van der Waals surface area contributed by atoms with Crippen LogP contribution in [0.1, 0.15) is 31.2 Å². The van der Waals surface area contributed by atoms with Crippen molar-refractivity contribution in [1.82, 2.24) is 0 Å². The smallest absolute Gasteiger partial charge is 0.229 e. The molecule has 0 heterocycles. The Morgan fingerprint density at radius 2 is 2.00 bits per heavy atom. The Hall–Kier alpha value is -1.86. The number of nitriles is 1. The van der Waals surface area contributed by atoms with E-state index in [2.05, 4.69) is 11.4 Å². The fourth-order valence-corrected chi connectivity index (χ4v) is 2.52. The maximum Gasteiger partial charge on any atom is 0.229 e. The number of nitrogens with two attached hydrogens (primary N) is 1. The molecule has 0 spiro atoms. The summed E-state index contributed by atoms with van der Waals surface area (Å²) in [5, 5.41) is 11.5. The topological polar surface area (TPSA) is 78.9 Å². The van der Waals surface area contributed by atoms with Crippen molar-refractivity contribution in [3.63, 3.8) is 0 Å². The van der Waals surface area contributed by atoms with E-state index in [4.69, 9.17) is 11.0 Å². The molecule has 0 aromatic heterocycles. The highest BCUT2D eigenvalue weighted by atomic mass is 16.1. The number of nitrogens with one attached hydrogen (secondary N) is 1. The molecule has 1 fully saturated rings. The Bertz CT molecular complexity index is 475. The summed E-state index contributed by atoms with van der Waals surface area (Å²) in [6.45, 7) is 0. The van der Waals surface area contributed by atoms with E-state index >= 15 is 0 Å². The van der Waals surface area contributed by atoms with Gasteiger partial charge in [0.1, 0.15) is 0 Å². The van der Waals surface area contributed by atoms with Gasteiger partial charge in [-0.2, -0.15) is 5.26 Å². The lowest BCUT2D eigenvalue weighted by Gasteiger charge is -2.27. The minimum atomic E-state index is -0.0764. The number of amides is 1. The second-order valence-corrected chi connectivity index (χ2v) is 5.08. The van der Waals surface area contributed by atoms with Crippen LogP contribution in [0, 0.1) is 17.2 Å². The van der Waals surface area contributed by atoms with Crippen LogP contribution in [0.25, 0.3) is 0 Å². The normalized spacial score (nSPS) is 22.5. The van der Waals surface area contributed by atoms with Crippen LogP contribution in [0.2, 0.25) is 0 Å². The minimum absolute atomic E-state index is 0.0141. The third-order valence-electron chi connectivity index (χ3n) is 3.66. The second kappa shape index (κ2) is 6.35. The Kier molecular flexibility index (Phi) is 4.53. The number of carbonyl (C=O) groups excluding carboxylic acids is 1. The van der Waals surface area contributed by atoms with Crippen LogP contribution in [0.3, 0.4) is 0 Å². The summed E-state index contributed by atoms with van der Waals surface area (Å²) in [5.41, 5.74) is 7.72. The predicted octanol–water partition coefficient (Wildman–Crippen LogP) is 2.21. The first-order valence-electron chi connectivity index (χ1n) is 6.73. The molecule has 0 aliphatic heterocycles. The highest BCUT2D eigenvalue weighted by Gasteiger charge is 2.28. The lowest BCUT2D eigenvalue weighted by atomic mass is 9.84. The molecule has 1 amide bonds. The Balaban J connectivity index is 1.96. The second-order valence-electron chi connectivity index (χ2n) is 5.08. The van der Waals surface area contributed by atoms with Crippen molar-refractivity contribution in [2.24, 2.45) is 11.7 Å². The van der Waals surface area contributed by atoms with Gasteiger partial charge in [-0.25, -0.2) is 0 Å². The van der Waals surface area contributed by atoms with Crippen LogP contribution in [0.5, 0.6) is 0 Å². The highest BCUT2D eigenvalue weighted by Crippen LogP contribution is 2.24. The first-order chi connectivity index (χ1) is 9.20. The average molecular weight is 257 g/mol. The van der Waals surface area contributed by atoms with Gasteiger partial charge in [0.25, 0.3) is 0 Å². The van der Waals surface area contributed by atoms with Gasteiger partial charge in [-0.15, -0.1) is 0 Å². The zero-order chi connectivity index (χ0) is 13.7. The van der Waals surface area contributed by atoms with Gasteiger partial charge in [-0.05, 0) is 30.5 Å². The van der Waals surface area contributed by atoms with Crippen LogP contribution in [0.4, 0.5) is 5.69 Å². The van der Waals surface area contributed by atoms with Gasteiger partial charge in [0.2, 0.25) is 5.91 Å². The van der Waals surface area contributed by atoms with Gasteiger partial charge < -0.3 is 11.1 Å². The van der Waals surface area contributed by atoms with E-state index in [1.807, 2.05) is 24.3 Å². The molecule has 2 rings (SSSR count). The zero-order valence-corrected chi connectivity index (χ0v) is 10.9. The van der Waals surface area contributed by atoms with Crippen molar-refractivity contribution in [2.75, 3.05) is 5.32 Å². The SMILES string of the molecule is N#CCc1ccc(NC(=O)C2CCCCC2N)cc1. The highest BCUT2D eigenvalue weighted by molar-refractivity contribution is 5.93. The molecule has 4 nitrogen and oxygen atoms in total. The number of rotatable bonds is 3. The quantitative estimate of drug-likeness (QED) is 0.871. The van der Waals surface area contributed by atoms with E-state index in [1.165, 1.54) is 0 Å². The summed E-state index contributed by atoms with van der Waals surface area (Å²) in [6, 6.07) is 9.46. The van der Waals surface area contributed by atoms with E-state index < -0.39 is 0 Å². The van der Waals surface area contributed by atoms with Crippen molar-refractivity contribution in [2.45, 2.75) is 38.1 Å². The van der Waals surface area contributed by atoms with Crippen molar-refractivity contribution in [3.8, 4) is 6.07 Å². The number of hydrogen-bond acceptors (Lipinski definition) is 3. The summed E-state index contributed by atoms with van der Waals surface area (Å²) < 4.78 is 0. The van der Waals surface area contributed by atoms with Gasteiger partial charge in [0.15, 0.2) is 0 Å². The molecule has 1 aliphatic rings. The first-order valence-corrected chi connectivity index (χ1v) is 6.73. The van der Waals surface area contributed by atoms with Gasteiger partial charge in [-0.3, -0.25) is 4.79 Å². The predicted molar refractivity (Wildman–Crippen MR) is 74.3 cm³/mol. The zero-order valence-electron chi connectivity index (χ0n) is 10.9. The maximum absolute atomic E-state index is 12.1. The third kappa shape index (κ3) is 3.55. The van der Waals surface area contributed by atoms with Crippen molar-refractivity contribution in [3.05, 3.63) is 29.8 Å². The van der Waals surface area contributed by atoms with Crippen LogP contribution in [-0.4, -0.2) is 11.9 Å².